The van der Waals surface area contributed by atoms with E-state index in [1.807, 2.05) is 6.92 Å². The van der Waals surface area contributed by atoms with Crippen LogP contribution in [0.25, 0.3) is 0 Å². The highest BCUT2D eigenvalue weighted by molar-refractivity contribution is 5.81. The summed E-state index contributed by atoms with van der Waals surface area (Å²) < 4.78 is 20.4. The zero-order valence-electron chi connectivity index (χ0n) is 25.1. The molecule has 0 aliphatic heterocycles. The first kappa shape index (κ1) is 34.9. The summed E-state index contributed by atoms with van der Waals surface area (Å²) in [6, 6.07) is 0. The Kier molecular flexibility index (Phi) is 15.9. The zero-order chi connectivity index (χ0) is 30.2. The minimum atomic E-state index is -0.359. The van der Waals surface area contributed by atoms with Crippen molar-refractivity contribution < 1.29 is 38.1 Å². The largest absolute Gasteiger partial charge is 0.466 e. The van der Waals surface area contributed by atoms with Gasteiger partial charge in [0, 0.05) is 19.9 Å². The first-order valence-corrected chi connectivity index (χ1v) is 14.3. The molecule has 1 saturated carbocycles. The molecule has 8 nitrogen and oxygen atoms in total. The van der Waals surface area contributed by atoms with Gasteiger partial charge < -0.3 is 18.9 Å². The van der Waals surface area contributed by atoms with Gasteiger partial charge in [0.1, 0.15) is 12.2 Å². The average Bonchev–Trinajstić information content (AvgIpc) is 2.91. The number of fused-ring (bicyclic) bond motifs is 1. The predicted octanol–water partition coefficient (Wildman–Crippen LogP) is 6.06. The van der Waals surface area contributed by atoms with Crippen molar-refractivity contribution in [2.45, 2.75) is 92.3 Å². The molecule has 1 fully saturated rings. The molecule has 3 rings (SSSR count). The van der Waals surface area contributed by atoms with Gasteiger partial charge >= 0.3 is 23.9 Å². The van der Waals surface area contributed by atoms with Crippen LogP contribution in [0.2, 0.25) is 0 Å². The van der Waals surface area contributed by atoms with E-state index in [0.29, 0.717) is 25.0 Å². The van der Waals surface area contributed by atoms with Crippen LogP contribution >= 0.6 is 0 Å². The number of hydrogen-bond acceptors (Lipinski definition) is 8. The van der Waals surface area contributed by atoms with Gasteiger partial charge in [-0.05, 0) is 81.3 Å². The molecule has 3 aliphatic rings. The van der Waals surface area contributed by atoms with Gasteiger partial charge in [-0.15, -0.1) is 0 Å². The van der Waals surface area contributed by atoms with Crippen LogP contribution < -0.4 is 0 Å². The lowest BCUT2D eigenvalue weighted by Crippen LogP contribution is -2.41. The van der Waals surface area contributed by atoms with Crippen LogP contribution in [-0.4, -0.2) is 49.3 Å². The predicted molar refractivity (Wildman–Crippen MR) is 154 cm³/mol. The second-order valence-corrected chi connectivity index (χ2v) is 10.3. The highest BCUT2D eigenvalue weighted by Gasteiger charge is 2.42. The van der Waals surface area contributed by atoms with Crippen molar-refractivity contribution in [3.8, 4) is 0 Å². The average molecular weight is 561 g/mol. The molecule has 0 spiro atoms. The lowest BCUT2D eigenvalue weighted by molar-refractivity contribution is -0.152. The fraction of sp³-hybridized carbons (Fsp3) is 0.625. The van der Waals surface area contributed by atoms with Crippen molar-refractivity contribution in [3.63, 3.8) is 0 Å². The molecule has 0 radical (unpaired) electrons. The first-order chi connectivity index (χ1) is 19.0. The second-order valence-electron chi connectivity index (χ2n) is 10.3. The Balaban J connectivity index is 0.000000343. The van der Waals surface area contributed by atoms with Crippen LogP contribution in [0, 0.1) is 23.7 Å². The standard InChI is InChI=1S/C16H24O4.C11H16O2.C5H8O2/c1-4-19-16(18)14-7-5-6-13-12(14)9-8-10(2)15(13)20-11(3)17;1-4-10-7-5-6-8(2)11(10)13-9(3)12;1-3-5(6)7-4-2/h6,10,12,14-15H,4-5,7-9H2,1-3H3;4,7-8,11H,1,5-6H2,2-3H3;3H,1,4H2,2H3/t;8?,11-;/m.0./s1. The number of rotatable bonds is 7. The molecule has 224 valence electrons. The fourth-order valence-electron chi connectivity index (χ4n) is 5.40. The molecule has 0 amide bonds. The Labute approximate surface area is 239 Å². The van der Waals surface area contributed by atoms with Crippen molar-refractivity contribution >= 4 is 23.9 Å². The molecule has 0 bridgehead atoms. The molecular weight excluding hydrogens is 512 g/mol. The zero-order valence-corrected chi connectivity index (χ0v) is 25.1. The lowest BCUT2D eigenvalue weighted by atomic mass is 9.67. The summed E-state index contributed by atoms with van der Waals surface area (Å²) in [5.74, 6) is -0.0806. The molecule has 40 heavy (non-hydrogen) atoms. The van der Waals surface area contributed by atoms with E-state index in [1.54, 1.807) is 13.0 Å². The van der Waals surface area contributed by atoms with E-state index in [-0.39, 0.29) is 47.9 Å². The Morgan fingerprint density at radius 2 is 1.40 bits per heavy atom. The highest BCUT2D eigenvalue weighted by atomic mass is 16.6. The van der Waals surface area contributed by atoms with E-state index in [9.17, 15) is 19.2 Å². The number of hydrogen-bond donors (Lipinski definition) is 0. The molecule has 8 heteroatoms. The molecule has 0 heterocycles. The number of esters is 4. The minimum absolute atomic E-state index is 0.0690. The van der Waals surface area contributed by atoms with Crippen LogP contribution in [0.1, 0.15) is 80.1 Å². The van der Waals surface area contributed by atoms with E-state index in [1.165, 1.54) is 13.8 Å². The molecule has 0 saturated heterocycles. The molecule has 5 unspecified atom stereocenters. The van der Waals surface area contributed by atoms with Gasteiger partial charge in [-0.25, -0.2) is 4.79 Å². The maximum atomic E-state index is 12.1. The summed E-state index contributed by atoms with van der Waals surface area (Å²) in [6.45, 7) is 18.5. The quantitative estimate of drug-likeness (QED) is 0.160. The summed E-state index contributed by atoms with van der Waals surface area (Å²) in [5, 5.41) is 0. The Morgan fingerprint density at radius 3 is 1.93 bits per heavy atom. The van der Waals surface area contributed by atoms with E-state index in [2.05, 4.69) is 43.9 Å². The van der Waals surface area contributed by atoms with Crippen LogP contribution in [0.5, 0.6) is 0 Å². The summed E-state index contributed by atoms with van der Waals surface area (Å²) in [7, 11) is 0. The smallest absolute Gasteiger partial charge is 0.330 e. The van der Waals surface area contributed by atoms with E-state index >= 15 is 0 Å². The molecule has 0 aromatic heterocycles. The summed E-state index contributed by atoms with van der Waals surface area (Å²) in [5.41, 5.74) is 2.19. The molecular formula is C32H48O8. The van der Waals surface area contributed by atoms with Gasteiger partial charge in [0.25, 0.3) is 0 Å². The number of carbonyl (C=O) groups is 4. The van der Waals surface area contributed by atoms with Gasteiger partial charge in [-0.2, -0.15) is 0 Å². The third-order valence-electron chi connectivity index (χ3n) is 7.26. The topological polar surface area (TPSA) is 105 Å². The highest BCUT2D eigenvalue weighted by Crippen LogP contribution is 2.44. The van der Waals surface area contributed by atoms with E-state index in [0.717, 1.165) is 55.7 Å². The molecule has 6 atom stereocenters. The minimum Gasteiger partial charge on any atom is -0.466 e. The van der Waals surface area contributed by atoms with Crippen molar-refractivity contribution in [3.05, 3.63) is 48.6 Å². The van der Waals surface area contributed by atoms with E-state index < -0.39 is 0 Å². The fourth-order valence-corrected chi connectivity index (χ4v) is 5.40. The second kappa shape index (κ2) is 18.2. The SMILES string of the molecule is C=CC(=O)OCC.C=CC1=CCCC(C)[C@@H]1OC(C)=O.CCOC(=O)C1CCC=C2C1CCC(C)C2OC(C)=O. The summed E-state index contributed by atoms with van der Waals surface area (Å²) in [4.78, 5) is 44.3. The van der Waals surface area contributed by atoms with Crippen LogP contribution in [-0.2, 0) is 38.1 Å². The number of ether oxygens (including phenoxy) is 4. The third kappa shape index (κ3) is 11.1. The van der Waals surface area contributed by atoms with Crippen molar-refractivity contribution in [2.24, 2.45) is 23.7 Å². The Bertz CT molecular complexity index is 947. The first-order valence-electron chi connectivity index (χ1n) is 14.3. The molecule has 0 aromatic carbocycles. The third-order valence-corrected chi connectivity index (χ3v) is 7.26. The van der Waals surface area contributed by atoms with Gasteiger partial charge in [0.05, 0.1) is 19.1 Å². The summed E-state index contributed by atoms with van der Waals surface area (Å²) in [6.07, 6.45) is 12.7. The molecule has 3 aliphatic carbocycles. The normalized spacial score (nSPS) is 26.8. The number of carbonyl (C=O) groups excluding carboxylic acids is 4. The maximum absolute atomic E-state index is 12.1. The van der Waals surface area contributed by atoms with Gasteiger partial charge in [-0.3, -0.25) is 14.4 Å². The van der Waals surface area contributed by atoms with Crippen LogP contribution in [0.15, 0.2) is 48.6 Å². The molecule has 0 N–H and O–H groups in total. The summed E-state index contributed by atoms with van der Waals surface area (Å²) >= 11 is 0. The van der Waals surface area contributed by atoms with Gasteiger partial charge in [-0.1, -0.05) is 45.2 Å². The van der Waals surface area contributed by atoms with Crippen LogP contribution in [0.3, 0.4) is 0 Å². The Hall–Kier alpha value is -3.16. The monoisotopic (exact) mass is 560 g/mol. The molecule has 0 aromatic rings. The van der Waals surface area contributed by atoms with Gasteiger partial charge in [0.15, 0.2) is 0 Å². The van der Waals surface area contributed by atoms with Gasteiger partial charge in [0.2, 0.25) is 0 Å². The van der Waals surface area contributed by atoms with Crippen LogP contribution in [0.4, 0.5) is 0 Å². The maximum Gasteiger partial charge on any atom is 0.330 e. The number of allylic oxidation sites excluding steroid dienone is 2. The van der Waals surface area contributed by atoms with Crippen molar-refractivity contribution in [2.75, 3.05) is 13.2 Å². The lowest BCUT2D eigenvalue weighted by Gasteiger charge is -2.41. The van der Waals surface area contributed by atoms with E-state index in [4.69, 9.17) is 14.2 Å². The van der Waals surface area contributed by atoms with Crippen molar-refractivity contribution in [1.82, 2.24) is 0 Å². The van der Waals surface area contributed by atoms with Crippen molar-refractivity contribution in [1.29, 1.82) is 0 Å². The Morgan fingerprint density at radius 1 is 0.825 bits per heavy atom.